The molecule has 4 aromatic rings. The first-order chi connectivity index (χ1) is 15.5. The van der Waals surface area contributed by atoms with Crippen LogP contribution in [0, 0.1) is 0 Å². The molecule has 160 valence electrons. The van der Waals surface area contributed by atoms with Gasteiger partial charge in [0.05, 0.1) is 6.21 Å². The number of amides is 1. The van der Waals surface area contributed by atoms with Gasteiger partial charge in [-0.1, -0.05) is 98.8 Å². The maximum Gasteiger partial charge on any atom is 0.277 e. The third-order valence-corrected chi connectivity index (χ3v) is 5.66. The minimum atomic E-state index is -0.310. The summed E-state index contributed by atoms with van der Waals surface area (Å²) < 4.78 is 5.63. The maximum absolute atomic E-state index is 12.1. The van der Waals surface area contributed by atoms with Crippen LogP contribution in [0.5, 0.6) is 5.75 Å². The van der Waals surface area contributed by atoms with Gasteiger partial charge in [0, 0.05) is 11.0 Å². The Morgan fingerprint density at radius 1 is 0.844 bits per heavy atom. The van der Waals surface area contributed by atoms with Crippen molar-refractivity contribution in [3.8, 4) is 5.75 Å². The van der Waals surface area contributed by atoms with Crippen molar-refractivity contribution in [3.63, 3.8) is 0 Å². The average molecular weight is 423 g/mol. The number of carbonyl (C=O) groups is 1. The summed E-state index contributed by atoms with van der Waals surface area (Å²) in [6, 6.07) is 32.3. The molecule has 0 radical (unpaired) electrons. The number of nitrogens with one attached hydrogen (secondary N) is 1. The Labute approximate surface area is 188 Å². The molecule has 0 fully saturated rings. The van der Waals surface area contributed by atoms with Crippen LogP contribution < -0.4 is 10.2 Å². The molecule has 1 amide bonds. The van der Waals surface area contributed by atoms with Crippen LogP contribution in [-0.4, -0.2) is 18.7 Å². The van der Waals surface area contributed by atoms with E-state index in [1.54, 1.807) is 6.21 Å². The lowest BCUT2D eigenvalue weighted by atomic mass is 9.78. The van der Waals surface area contributed by atoms with Gasteiger partial charge in [0.15, 0.2) is 6.61 Å². The average Bonchev–Trinajstić information content (AvgIpc) is 2.84. The van der Waals surface area contributed by atoms with E-state index in [1.165, 1.54) is 11.1 Å². The lowest BCUT2D eigenvalue weighted by Crippen LogP contribution is -2.24. The van der Waals surface area contributed by atoms with Crippen molar-refractivity contribution in [2.75, 3.05) is 6.61 Å². The largest absolute Gasteiger partial charge is 0.484 e. The van der Waals surface area contributed by atoms with Crippen LogP contribution in [0.3, 0.4) is 0 Å². The summed E-state index contributed by atoms with van der Waals surface area (Å²) in [5.41, 5.74) is 5.78. The van der Waals surface area contributed by atoms with Gasteiger partial charge in [-0.25, -0.2) is 5.43 Å². The molecule has 4 aromatic carbocycles. The van der Waals surface area contributed by atoms with E-state index >= 15 is 0 Å². The van der Waals surface area contributed by atoms with E-state index in [1.807, 2.05) is 72.8 Å². The van der Waals surface area contributed by atoms with Gasteiger partial charge in [0.25, 0.3) is 5.91 Å². The molecule has 0 heterocycles. The molecule has 4 heteroatoms. The Bertz CT molecular complexity index is 1220. The number of nitrogens with zero attached hydrogens (tertiary/aromatic N) is 1. The predicted molar refractivity (Wildman–Crippen MR) is 130 cm³/mol. The molecule has 0 aliphatic rings. The van der Waals surface area contributed by atoms with Crippen molar-refractivity contribution in [3.05, 3.63) is 114 Å². The number of rotatable bonds is 7. The van der Waals surface area contributed by atoms with E-state index < -0.39 is 0 Å². The van der Waals surface area contributed by atoms with Crippen molar-refractivity contribution >= 4 is 22.9 Å². The number of hydrazone groups is 1. The van der Waals surface area contributed by atoms with E-state index in [0.29, 0.717) is 5.75 Å². The molecule has 0 unspecified atom stereocenters. The van der Waals surface area contributed by atoms with Gasteiger partial charge >= 0.3 is 0 Å². The van der Waals surface area contributed by atoms with Crippen LogP contribution in [0.15, 0.2) is 102 Å². The second-order valence-electron chi connectivity index (χ2n) is 8.17. The first-order valence-electron chi connectivity index (χ1n) is 10.6. The monoisotopic (exact) mass is 422 g/mol. The lowest BCUT2D eigenvalue weighted by Gasteiger charge is -2.26. The molecular formula is C28H26N2O2. The van der Waals surface area contributed by atoms with Crippen LogP contribution in [0.2, 0.25) is 0 Å². The molecule has 32 heavy (non-hydrogen) atoms. The number of hydrogen-bond acceptors (Lipinski definition) is 3. The van der Waals surface area contributed by atoms with Crippen LogP contribution >= 0.6 is 0 Å². The van der Waals surface area contributed by atoms with Crippen molar-refractivity contribution < 1.29 is 9.53 Å². The molecule has 0 saturated carbocycles. The molecule has 0 spiro atoms. The van der Waals surface area contributed by atoms with Gasteiger partial charge in [-0.3, -0.25) is 4.79 Å². The van der Waals surface area contributed by atoms with Crippen LogP contribution in [-0.2, 0) is 10.2 Å². The van der Waals surface area contributed by atoms with E-state index in [4.69, 9.17) is 4.74 Å². The zero-order valence-electron chi connectivity index (χ0n) is 18.3. The normalized spacial score (nSPS) is 11.6. The fraction of sp³-hybridized carbons (Fsp3) is 0.143. The van der Waals surface area contributed by atoms with E-state index in [9.17, 15) is 4.79 Å². The highest BCUT2D eigenvalue weighted by Gasteiger charge is 2.22. The molecule has 0 saturated heterocycles. The minimum absolute atomic E-state index is 0.103. The summed E-state index contributed by atoms with van der Waals surface area (Å²) in [6.07, 6.45) is 1.65. The quantitative estimate of drug-likeness (QED) is 0.307. The van der Waals surface area contributed by atoms with Gasteiger partial charge in [0.2, 0.25) is 0 Å². The van der Waals surface area contributed by atoms with Gasteiger partial charge in [-0.05, 0) is 34.0 Å². The maximum atomic E-state index is 12.1. The first kappa shape index (κ1) is 21.3. The lowest BCUT2D eigenvalue weighted by molar-refractivity contribution is -0.123. The van der Waals surface area contributed by atoms with Gasteiger partial charge in [-0.15, -0.1) is 0 Å². The van der Waals surface area contributed by atoms with Gasteiger partial charge in [-0.2, -0.15) is 5.10 Å². The number of benzene rings is 4. The molecule has 0 atom stereocenters. The number of carbonyl (C=O) groups excluding carboxylic acids is 1. The molecule has 0 aliphatic carbocycles. The molecule has 1 N–H and O–H groups in total. The highest BCUT2D eigenvalue weighted by atomic mass is 16.5. The Hall–Kier alpha value is -3.92. The predicted octanol–water partition coefficient (Wildman–Crippen LogP) is 5.69. The van der Waals surface area contributed by atoms with Crippen LogP contribution in [0.25, 0.3) is 10.8 Å². The molecule has 4 nitrogen and oxygen atoms in total. The summed E-state index contributed by atoms with van der Waals surface area (Å²) >= 11 is 0. The molecule has 0 bridgehead atoms. The second kappa shape index (κ2) is 9.48. The molecule has 4 rings (SSSR count). The number of fused-ring (bicyclic) bond motifs is 1. The highest BCUT2D eigenvalue weighted by Crippen LogP contribution is 2.32. The third-order valence-electron chi connectivity index (χ3n) is 5.66. The van der Waals surface area contributed by atoms with Crippen molar-refractivity contribution in [2.45, 2.75) is 19.3 Å². The Kier molecular flexibility index (Phi) is 6.31. The SMILES string of the molecule is CC(C)(c1ccccc1)c1ccc(OCC(=O)N/N=C/c2cccc3ccccc23)cc1. The third kappa shape index (κ3) is 4.86. The summed E-state index contributed by atoms with van der Waals surface area (Å²) in [6.45, 7) is 4.29. The number of ether oxygens (including phenoxy) is 1. The van der Waals surface area contributed by atoms with Crippen molar-refractivity contribution in [2.24, 2.45) is 5.10 Å². The fourth-order valence-corrected chi connectivity index (χ4v) is 3.71. The summed E-state index contributed by atoms with van der Waals surface area (Å²) in [7, 11) is 0. The van der Waals surface area contributed by atoms with Crippen LogP contribution in [0.4, 0.5) is 0 Å². The Balaban J connectivity index is 1.33. The minimum Gasteiger partial charge on any atom is -0.484 e. The van der Waals surface area contributed by atoms with Crippen molar-refractivity contribution in [1.82, 2.24) is 5.43 Å². The standard InChI is InChI=1S/C28H26N2O2/c1-28(2,23-12-4-3-5-13-23)24-15-17-25(18-16-24)32-20-27(31)30-29-19-22-11-8-10-21-9-6-7-14-26(21)22/h3-19H,20H2,1-2H3,(H,30,31)/b29-19+. The zero-order valence-corrected chi connectivity index (χ0v) is 18.3. The Morgan fingerprint density at radius 2 is 1.50 bits per heavy atom. The summed E-state index contributed by atoms with van der Waals surface area (Å²) in [5.74, 6) is 0.334. The topological polar surface area (TPSA) is 50.7 Å². The van der Waals surface area contributed by atoms with Gasteiger partial charge < -0.3 is 4.74 Å². The smallest absolute Gasteiger partial charge is 0.277 e. The molecular weight excluding hydrogens is 396 g/mol. The molecule has 0 aliphatic heterocycles. The van der Waals surface area contributed by atoms with Gasteiger partial charge in [0.1, 0.15) is 5.75 Å². The number of hydrogen-bond donors (Lipinski definition) is 1. The summed E-state index contributed by atoms with van der Waals surface area (Å²) in [4.78, 5) is 12.1. The highest BCUT2D eigenvalue weighted by molar-refractivity contribution is 5.99. The van der Waals surface area contributed by atoms with Crippen LogP contribution in [0.1, 0.15) is 30.5 Å². The van der Waals surface area contributed by atoms with E-state index in [-0.39, 0.29) is 17.9 Å². The van der Waals surface area contributed by atoms with E-state index in [0.717, 1.165) is 16.3 Å². The fourth-order valence-electron chi connectivity index (χ4n) is 3.71. The van der Waals surface area contributed by atoms with Crippen molar-refractivity contribution in [1.29, 1.82) is 0 Å². The van der Waals surface area contributed by atoms with E-state index in [2.05, 4.69) is 48.6 Å². The first-order valence-corrected chi connectivity index (χ1v) is 10.6. The summed E-state index contributed by atoms with van der Waals surface area (Å²) in [5, 5.41) is 6.29. The second-order valence-corrected chi connectivity index (χ2v) is 8.17. The Morgan fingerprint density at radius 3 is 2.28 bits per heavy atom. The zero-order chi connectivity index (χ0) is 22.4. The molecule has 0 aromatic heterocycles.